The fourth-order valence-electron chi connectivity index (χ4n) is 4.56. The third-order valence-electron chi connectivity index (χ3n) is 6.43. The molecule has 0 spiro atoms. The van der Waals surface area contributed by atoms with Crippen molar-refractivity contribution in [3.05, 3.63) is 89.2 Å². The summed E-state index contributed by atoms with van der Waals surface area (Å²) in [6, 6.07) is 18.7. The minimum Gasteiger partial charge on any atom is -0.497 e. The number of rotatable bonds is 8. The van der Waals surface area contributed by atoms with E-state index < -0.39 is 12.1 Å². The maximum absolute atomic E-state index is 14.1. The van der Waals surface area contributed by atoms with Gasteiger partial charge in [-0.1, -0.05) is 32.0 Å². The Morgan fingerprint density at radius 2 is 1.81 bits per heavy atom. The highest BCUT2D eigenvalue weighted by Crippen LogP contribution is 2.38. The SMILES string of the molecule is CCC(=O)N1CCc2ccc(OC(CC)C(=O)Nc3ccc(OC)cc3)cc2C1c1cccc(F)c1. The molecular weight excluding hydrogens is 459 g/mol. The summed E-state index contributed by atoms with van der Waals surface area (Å²) in [5.74, 6) is 0.625. The molecule has 1 aliphatic rings. The predicted molar refractivity (Wildman–Crippen MR) is 137 cm³/mol. The molecule has 188 valence electrons. The van der Waals surface area contributed by atoms with Crippen molar-refractivity contribution in [1.82, 2.24) is 4.90 Å². The standard InChI is InChI=1S/C29H31FN2O4/c1-4-26(29(34)31-22-10-13-23(35-3)14-11-22)36-24-12-9-19-15-16-32(27(33)5-2)28(25(19)18-24)20-7-6-8-21(30)17-20/h6-14,17-18,26,28H,4-5,15-16H2,1-3H3,(H,31,34). The summed E-state index contributed by atoms with van der Waals surface area (Å²) >= 11 is 0. The zero-order valence-electron chi connectivity index (χ0n) is 20.8. The number of benzene rings is 3. The van der Waals surface area contributed by atoms with Crippen LogP contribution < -0.4 is 14.8 Å². The molecule has 0 bridgehead atoms. The molecule has 2 unspecified atom stereocenters. The lowest BCUT2D eigenvalue weighted by Crippen LogP contribution is -2.40. The molecule has 1 aliphatic heterocycles. The number of methoxy groups -OCH3 is 1. The Morgan fingerprint density at radius 3 is 2.47 bits per heavy atom. The summed E-state index contributed by atoms with van der Waals surface area (Å²) in [4.78, 5) is 27.5. The lowest BCUT2D eigenvalue weighted by Gasteiger charge is -2.38. The predicted octanol–water partition coefficient (Wildman–Crippen LogP) is 5.51. The van der Waals surface area contributed by atoms with E-state index in [2.05, 4.69) is 5.32 Å². The van der Waals surface area contributed by atoms with Crippen LogP contribution in [0.1, 0.15) is 49.4 Å². The normalized spacial score (nSPS) is 15.6. The van der Waals surface area contributed by atoms with Crippen LogP contribution in [-0.2, 0) is 16.0 Å². The van der Waals surface area contributed by atoms with Crippen LogP contribution in [0.3, 0.4) is 0 Å². The van der Waals surface area contributed by atoms with Crippen molar-refractivity contribution in [2.24, 2.45) is 0 Å². The molecule has 3 aromatic carbocycles. The van der Waals surface area contributed by atoms with Crippen molar-refractivity contribution in [2.45, 2.75) is 45.3 Å². The molecule has 0 saturated heterocycles. The van der Waals surface area contributed by atoms with Gasteiger partial charge in [0.15, 0.2) is 6.10 Å². The molecule has 4 rings (SSSR count). The average molecular weight is 491 g/mol. The zero-order valence-corrected chi connectivity index (χ0v) is 20.8. The lowest BCUT2D eigenvalue weighted by molar-refractivity contribution is -0.133. The van der Waals surface area contributed by atoms with E-state index in [4.69, 9.17) is 9.47 Å². The molecule has 0 saturated carbocycles. The van der Waals surface area contributed by atoms with Crippen molar-refractivity contribution < 1.29 is 23.5 Å². The third-order valence-corrected chi connectivity index (χ3v) is 6.43. The summed E-state index contributed by atoms with van der Waals surface area (Å²) in [6.07, 6.45) is 0.811. The third kappa shape index (κ3) is 5.51. The van der Waals surface area contributed by atoms with Crippen LogP contribution in [0.2, 0.25) is 0 Å². The summed E-state index contributed by atoms with van der Waals surface area (Å²) in [5.41, 5.74) is 3.32. The first-order valence-corrected chi connectivity index (χ1v) is 12.2. The van der Waals surface area contributed by atoms with Gasteiger partial charge in [-0.2, -0.15) is 0 Å². The van der Waals surface area contributed by atoms with Gasteiger partial charge in [0, 0.05) is 18.7 Å². The second-order valence-corrected chi connectivity index (χ2v) is 8.74. The van der Waals surface area contributed by atoms with Gasteiger partial charge in [0.25, 0.3) is 5.91 Å². The Hall–Kier alpha value is -3.87. The number of carbonyl (C=O) groups is 2. The molecule has 2 amide bonds. The first-order valence-electron chi connectivity index (χ1n) is 12.2. The molecule has 3 aromatic rings. The van der Waals surface area contributed by atoms with Crippen molar-refractivity contribution in [3.8, 4) is 11.5 Å². The number of carbonyl (C=O) groups excluding carboxylic acids is 2. The average Bonchev–Trinajstić information content (AvgIpc) is 2.90. The largest absolute Gasteiger partial charge is 0.497 e. The van der Waals surface area contributed by atoms with E-state index in [1.165, 1.54) is 12.1 Å². The molecule has 0 fully saturated rings. The maximum atomic E-state index is 14.1. The van der Waals surface area contributed by atoms with Gasteiger partial charge in [0.05, 0.1) is 13.2 Å². The number of hydrogen-bond donors (Lipinski definition) is 1. The van der Waals surface area contributed by atoms with Crippen LogP contribution in [0.25, 0.3) is 0 Å². The summed E-state index contributed by atoms with van der Waals surface area (Å²) in [6.45, 7) is 4.27. The highest BCUT2D eigenvalue weighted by Gasteiger charge is 2.32. The van der Waals surface area contributed by atoms with E-state index in [1.54, 1.807) is 42.3 Å². The first-order chi connectivity index (χ1) is 17.4. The monoisotopic (exact) mass is 490 g/mol. The molecule has 2 atom stereocenters. The molecule has 1 heterocycles. The Kier molecular flexibility index (Phi) is 7.88. The van der Waals surface area contributed by atoms with Crippen molar-refractivity contribution in [3.63, 3.8) is 0 Å². The Balaban J connectivity index is 1.60. The van der Waals surface area contributed by atoms with Gasteiger partial charge < -0.3 is 19.7 Å². The maximum Gasteiger partial charge on any atom is 0.265 e. The Labute approximate surface area is 211 Å². The number of fused-ring (bicyclic) bond motifs is 1. The van der Waals surface area contributed by atoms with E-state index in [-0.39, 0.29) is 17.6 Å². The van der Waals surface area contributed by atoms with Crippen LogP contribution in [0, 0.1) is 5.82 Å². The zero-order chi connectivity index (χ0) is 25.7. The summed E-state index contributed by atoms with van der Waals surface area (Å²) < 4.78 is 25.4. The van der Waals surface area contributed by atoms with Gasteiger partial charge in [-0.15, -0.1) is 0 Å². The van der Waals surface area contributed by atoms with Crippen LogP contribution in [0.15, 0.2) is 66.7 Å². The minimum atomic E-state index is -0.713. The number of ether oxygens (including phenoxy) is 2. The number of hydrogen-bond acceptors (Lipinski definition) is 4. The van der Waals surface area contributed by atoms with E-state index in [0.717, 1.165) is 11.1 Å². The Bertz CT molecular complexity index is 1230. The highest BCUT2D eigenvalue weighted by molar-refractivity contribution is 5.94. The van der Waals surface area contributed by atoms with Crippen LogP contribution in [-0.4, -0.2) is 36.5 Å². The van der Waals surface area contributed by atoms with Gasteiger partial charge in [0.1, 0.15) is 17.3 Å². The fraction of sp³-hybridized carbons (Fsp3) is 0.310. The summed E-state index contributed by atoms with van der Waals surface area (Å²) in [7, 11) is 1.59. The fourth-order valence-corrected chi connectivity index (χ4v) is 4.56. The highest BCUT2D eigenvalue weighted by atomic mass is 19.1. The van der Waals surface area contributed by atoms with Crippen molar-refractivity contribution >= 4 is 17.5 Å². The summed E-state index contributed by atoms with van der Waals surface area (Å²) in [5, 5.41) is 2.88. The molecule has 0 radical (unpaired) electrons. The van der Waals surface area contributed by atoms with Crippen LogP contribution >= 0.6 is 0 Å². The second kappa shape index (κ2) is 11.2. The molecule has 36 heavy (non-hydrogen) atoms. The van der Waals surface area contributed by atoms with E-state index in [1.807, 2.05) is 38.1 Å². The van der Waals surface area contributed by atoms with Crippen molar-refractivity contribution in [2.75, 3.05) is 19.0 Å². The first kappa shape index (κ1) is 25.2. The van der Waals surface area contributed by atoms with Gasteiger partial charge >= 0.3 is 0 Å². The van der Waals surface area contributed by atoms with Gasteiger partial charge in [-0.3, -0.25) is 9.59 Å². The number of nitrogens with one attached hydrogen (secondary N) is 1. The smallest absolute Gasteiger partial charge is 0.265 e. The molecule has 7 heteroatoms. The molecule has 6 nitrogen and oxygen atoms in total. The van der Waals surface area contributed by atoms with E-state index in [9.17, 15) is 14.0 Å². The molecule has 0 aromatic heterocycles. The van der Waals surface area contributed by atoms with Crippen LogP contribution in [0.4, 0.5) is 10.1 Å². The number of nitrogens with zero attached hydrogens (tertiary/aromatic N) is 1. The van der Waals surface area contributed by atoms with E-state index in [0.29, 0.717) is 48.6 Å². The van der Waals surface area contributed by atoms with Gasteiger partial charge in [0.2, 0.25) is 5.91 Å². The quantitative estimate of drug-likeness (QED) is 0.452. The van der Waals surface area contributed by atoms with Crippen LogP contribution in [0.5, 0.6) is 11.5 Å². The second-order valence-electron chi connectivity index (χ2n) is 8.74. The topological polar surface area (TPSA) is 67.9 Å². The number of halogens is 1. The molecular formula is C29H31FN2O4. The Morgan fingerprint density at radius 1 is 1.06 bits per heavy atom. The van der Waals surface area contributed by atoms with Gasteiger partial charge in [-0.05, 0) is 78.1 Å². The molecule has 1 N–H and O–H groups in total. The van der Waals surface area contributed by atoms with Gasteiger partial charge in [-0.25, -0.2) is 4.39 Å². The van der Waals surface area contributed by atoms with E-state index >= 15 is 0 Å². The number of anilines is 1. The lowest BCUT2D eigenvalue weighted by atomic mass is 9.87. The molecule has 0 aliphatic carbocycles. The number of amides is 2. The minimum absolute atomic E-state index is 0.00605. The van der Waals surface area contributed by atoms with Crippen molar-refractivity contribution in [1.29, 1.82) is 0 Å².